The third kappa shape index (κ3) is 3.00. The van der Waals surface area contributed by atoms with Crippen molar-refractivity contribution in [2.24, 2.45) is 0 Å². The summed E-state index contributed by atoms with van der Waals surface area (Å²) in [4.78, 5) is 15.9. The number of rotatable bonds is 2. The molecule has 1 fully saturated rings. The van der Waals surface area contributed by atoms with Crippen molar-refractivity contribution in [3.63, 3.8) is 0 Å². The molecule has 1 amide bonds. The summed E-state index contributed by atoms with van der Waals surface area (Å²) in [6, 6.07) is 1.27. The maximum Gasteiger partial charge on any atom is 0.254 e. The fourth-order valence-electron chi connectivity index (χ4n) is 1.87. The second-order valence-corrected chi connectivity index (χ2v) is 7.01. The minimum atomic E-state index is -3.00. The van der Waals surface area contributed by atoms with E-state index in [0.29, 0.717) is 11.4 Å². The Balaban J connectivity index is 2.09. The highest BCUT2D eigenvalue weighted by atomic mass is 35.5. The highest BCUT2D eigenvalue weighted by Crippen LogP contribution is 2.17. The van der Waals surface area contributed by atoms with Gasteiger partial charge in [-0.1, -0.05) is 11.6 Å². The van der Waals surface area contributed by atoms with Crippen molar-refractivity contribution in [2.45, 2.75) is 19.4 Å². The maximum atomic E-state index is 11.9. The van der Waals surface area contributed by atoms with Gasteiger partial charge in [-0.2, -0.15) is 0 Å². The molecule has 18 heavy (non-hydrogen) atoms. The molecule has 0 saturated carbocycles. The topological polar surface area (TPSA) is 76.1 Å². The predicted molar refractivity (Wildman–Crippen MR) is 68.5 cm³/mol. The molecular formula is C11H13ClN2O3S. The van der Waals surface area contributed by atoms with Gasteiger partial charge in [0.1, 0.15) is 0 Å². The standard InChI is InChI=1S/C11H13ClN2O3S/c1-7-4-10(12)9(5-13-7)11(15)14-8-2-3-18(16,17)6-8/h4-5,8H,2-3,6H2,1H3,(H,14,15). The van der Waals surface area contributed by atoms with Gasteiger partial charge in [0.25, 0.3) is 5.91 Å². The summed E-state index contributed by atoms with van der Waals surface area (Å²) in [5.41, 5.74) is 0.992. The van der Waals surface area contributed by atoms with E-state index in [1.807, 2.05) is 0 Å². The molecule has 2 rings (SSSR count). The molecule has 0 aliphatic carbocycles. The van der Waals surface area contributed by atoms with Gasteiger partial charge in [0.15, 0.2) is 9.84 Å². The Morgan fingerprint density at radius 2 is 2.28 bits per heavy atom. The summed E-state index contributed by atoms with van der Waals surface area (Å²) in [5, 5.41) is 2.99. The fraction of sp³-hybridized carbons (Fsp3) is 0.455. The molecule has 7 heteroatoms. The number of carbonyl (C=O) groups is 1. The number of aromatic nitrogens is 1. The van der Waals surface area contributed by atoms with Gasteiger partial charge in [-0.05, 0) is 19.4 Å². The van der Waals surface area contributed by atoms with Crippen LogP contribution in [-0.4, -0.2) is 36.9 Å². The van der Waals surface area contributed by atoms with Gasteiger partial charge in [0, 0.05) is 17.9 Å². The number of hydrogen-bond acceptors (Lipinski definition) is 4. The van der Waals surface area contributed by atoms with Crippen molar-refractivity contribution in [2.75, 3.05) is 11.5 Å². The van der Waals surface area contributed by atoms with Crippen molar-refractivity contribution < 1.29 is 13.2 Å². The van der Waals surface area contributed by atoms with Gasteiger partial charge in [-0.15, -0.1) is 0 Å². The van der Waals surface area contributed by atoms with Gasteiger partial charge in [0.2, 0.25) is 0 Å². The first-order chi connectivity index (χ1) is 8.37. The molecule has 0 radical (unpaired) electrons. The Bertz CT molecular complexity index is 586. The van der Waals surface area contributed by atoms with Crippen molar-refractivity contribution in [3.8, 4) is 0 Å². The third-order valence-corrected chi connectivity index (χ3v) is 4.88. The highest BCUT2D eigenvalue weighted by molar-refractivity contribution is 7.91. The van der Waals surface area contributed by atoms with Crippen LogP contribution in [-0.2, 0) is 9.84 Å². The summed E-state index contributed by atoms with van der Waals surface area (Å²) in [6.07, 6.45) is 1.85. The smallest absolute Gasteiger partial charge is 0.254 e. The summed E-state index contributed by atoms with van der Waals surface area (Å²) < 4.78 is 22.6. The zero-order chi connectivity index (χ0) is 13.3. The van der Waals surface area contributed by atoms with Crippen LogP contribution in [0.5, 0.6) is 0 Å². The van der Waals surface area contributed by atoms with Crippen LogP contribution in [0.1, 0.15) is 22.5 Å². The molecule has 1 aliphatic rings. The molecule has 1 atom stereocenters. The number of aryl methyl sites for hydroxylation is 1. The Morgan fingerprint density at radius 3 is 2.83 bits per heavy atom. The number of carbonyl (C=O) groups excluding carboxylic acids is 1. The fourth-order valence-corrected chi connectivity index (χ4v) is 3.83. The van der Waals surface area contributed by atoms with E-state index in [4.69, 9.17) is 11.6 Å². The average molecular weight is 289 g/mol. The molecule has 1 aliphatic heterocycles. The summed E-state index contributed by atoms with van der Waals surface area (Å²) in [6.45, 7) is 1.77. The van der Waals surface area contributed by atoms with Crippen LogP contribution in [0.2, 0.25) is 5.02 Å². The monoisotopic (exact) mass is 288 g/mol. The molecule has 2 heterocycles. The SMILES string of the molecule is Cc1cc(Cl)c(C(=O)NC2CCS(=O)(=O)C2)cn1. The summed E-state index contributed by atoms with van der Waals surface area (Å²) in [5.74, 6) is -0.261. The number of hydrogen-bond donors (Lipinski definition) is 1. The summed E-state index contributed by atoms with van der Waals surface area (Å²) in [7, 11) is -3.00. The number of pyridine rings is 1. The first-order valence-corrected chi connectivity index (χ1v) is 7.71. The second kappa shape index (κ2) is 4.85. The van der Waals surface area contributed by atoms with Crippen molar-refractivity contribution in [1.29, 1.82) is 0 Å². The molecule has 1 unspecified atom stereocenters. The highest BCUT2D eigenvalue weighted by Gasteiger charge is 2.29. The second-order valence-electron chi connectivity index (χ2n) is 4.38. The molecule has 1 saturated heterocycles. The van der Waals surface area contributed by atoms with E-state index < -0.39 is 9.84 Å². The lowest BCUT2D eigenvalue weighted by atomic mass is 10.2. The minimum absolute atomic E-state index is 0.00432. The Kier molecular flexibility index (Phi) is 3.59. The predicted octanol–water partition coefficient (Wildman–Crippen LogP) is 0.960. The van der Waals surface area contributed by atoms with E-state index in [-0.39, 0.29) is 29.0 Å². The van der Waals surface area contributed by atoms with Crippen molar-refractivity contribution in [3.05, 3.63) is 28.5 Å². The van der Waals surface area contributed by atoms with E-state index in [9.17, 15) is 13.2 Å². The number of nitrogens with one attached hydrogen (secondary N) is 1. The van der Waals surface area contributed by atoms with Gasteiger partial charge in [-0.3, -0.25) is 9.78 Å². The maximum absolute atomic E-state index is 11.9. The number of sulfone groups is 1. The van der Waals surface area contributed by atoms with E-state index in [1.165, 1.54) is 6.20 Å². The Hall–Kier alpha value is -1.14. The molecular weight excluding hydrogens is 276 g/mol. The normalized spacial score (nSPS) is 21.8. The molecule has 1 N–H and O–H groups in total. The van der Waals surface area contributed by atoms with Gasteiger partial charge < -0.3 is 5.32 Å². The molecule has 0 aromatic carbocycles. The molecule has 0 spiro atoms. The van der Waals surface area contributed by atoms with E-state index in [0.717, 1.165) is 5.69 Å². The van der Waals surface area contributed by atoms with E-state index >= 15 is 0 Å². The van der Waals surface area contributed by atoms with Crippen LogP contribution >= 0.6 is 11.6 Å². The molecule has 1 aromatic rings. The lowest BCUT2D eigenvalue weighted by Gasteiger charge is -2.11. The van der Waals surface area contributed by atoms with Gasteiger partial charge in [0.05, 0.1) is 22.1 Å². The Labute approximate surface area is 110 Å². The van der Waals surface area contributed by atoms with Crippen LogP contribution in [0.3, 0.4) is 0 Å². The van der Waals surface area contributed by atoms with Crippen LogP contribution in [0.15, 0.2) is 12.3 Å². The van der Waals surface area contributed by atoms with E-state index in [2.05, 4.69) is 10.3 Å². The minimum Gasteiger partial charge on any atom is -0.348 e. The zero-order valence-electron chi connectivity index (χ0n) is 9.81. The van der Waals surface area contributed by atoms with E-state index in [1.54, 1.807) is 13.0 Å². The van der Waals surface area contributed by atoms with Crippen LogP contribution in [0, 0.1) is 6.92 Å². The van der Waals surface area contributed by atoms with Crippen LogP contribution in [0.25, 0.3) is 0 Å². The lowest BCUT2D eigenvalue weighted by molar-refractivity contribution is 0.0941. The van der Waals surface area contributed by atoms with Crippen molar-refractivity contribution >= 4 is 27.3 Å². The molecule has 0 bridgehead atoms. The lowest BCUT2D eigenvalue weighted by Crippen LogP contribution is -2.35. The van der Waals surface area contributed by atoms with Crippen LogP contribution in [0.4, 0.5) is 0 Å². The largest absolute Gasteiger partial charge is 0.348 e. The van der Waals surface area contributed by atoms with Gasteiger partial charge >= 0.3 is 0 Å². The molecule has 1 aromatic heterocycles. The number of halogens is 1. The Morgan fingerprint density at radius 1 is 1.56 bits per heavy atom. The quantitative estimate of drug-likeness (QED) is 0.879. The van der Waals surface area contributed by atoms with Crippen molar-refractivity contribution in [1.82, 2.24) is 10.3 Å². The molecule has 98 valence electrons. The first kappa shape index (κ1) is 13.3. The number of nitrogens with zero attached hydrogens (tertiary/aromatic N) is 1. The van der Waals surface area contributed by atoms with Crippen LogP contribution < -0.4 is 5.32 Å². The number of amides is 1. The van der Waals surface area contributed by atoms with Gasteiger partial charge in [-0.25, -0.2) is 8.42 Å². The zero-order valence-corrected chi connectivity index (χ0v) is 11.4. The molecule has 5 nitrogen and oxygen atoms in total. The summed E-state index contributed by atoms with van der Waals surface area (Å²) >= 11 is 5.95. The first-order valence-electron chi connectivity index (χ1n) is 5.51. The third-order valence-electron chi connectivity index (χ3n) is 2.80. The average Bonchev–Trinajstić information content (AvgIpc) is 2.57.